The molecule has 0 unspecified atom stereocenters. The number of esters is 1. The van der Waals surface area contributed by atoms with Crippen molar-refractivity contribution in [2.75, 3.05) is 13.7 Å². The molecule has 2 rings (SSSR count). The Bertz CT molecular complexity index is 771. The van der Waals surface area contributed by atoms with Gasteiger partial charge in [-0.25, -0.2) is 4.79 Å². The minimum absolute atomic E-state index is 0.0359. The van der Waals surface area contributed by atoms with Crippen LogP contribution < -0.4 is 10.5 Å². The Kier molecular flexibility index (Phi) is 5.27. The van der Waals surface area contributed by atoms with Crippen molar-refractivity contribution in [3.8, 4) is 11.8 Å². The highest BCUT2D eigenvalue weighted by Gasteiger charge is 2.37. The van der Waals surface area contributed by atoms with Crippen LogP contribution in [0.4, 0.5) is 0 Å². The molecule has 6 heteroatoms. The summed E-state index contributed by atoms with van der Waals surface area (Å²) in [6.07, 6.45) is 1.46. The van der Waals surface area contributed by atoms with Gasteiger partial charge in [-0.05, 0) is 13.0 Å². The first-order valence-corrected chi connectivity index (χ1v) is 7.24. The Balaban J connectivity index is 2.62. The number of allylic oxidation sites excluding steroid dienone is 2. The van der Waals surface area contributed by atoms with Gasteiger partial charge in [0.2, 0.25) is 5.88 Å². The van der Waals surface area contributed by atoms with Crippen LogP contribution in [0.15, 0.2) is 59.7 Å². The largest absolute Gasteiger partial charge is 0.496 e. The second kappa shape index (κ2) is 7.38. The molecule has 0 fully saturated rings. The van der Waals surface area contributed by atoms with E-state index in [2.05, 4.69) is 6.58 Å². The van der Waals surface area contributed by atoms with Crippen LogP contribution in [-0.4, -0.2) is 19.7 Å². The highest BCUT2D eigenvalue weighted by Crippen LogP contribution is 2.42. The summed E-state index contributed by atoms with van der Waals surface area (Å²) in [5, 5.41) is 9.52. The molecule has 2 N–H and O–H groups in total. The lowest BCUT2D eigenvalue weighted by Gasteiger charge is -2.27. The molecule has 0 aliphatic carbocycles. The number of nitrogens with two attached hydrogens (primary N) is 1. The second-order valence-corrected chi connectivity index (χ2v) is 5.02. The summed E-state index contributed by atoms with van der Waals surface area (Å²) in [7, 11) is 1.52. The highest BCUT2D eigenvalue weighted by molar-refractivity contribution is 5.92. The van der Waals surface area contributed by atoms with Crippen molar-refractivity contribution in [1.82, 2.24) is 0 Å². The topological polar surface area (TPSA) is 94.6 Å². The molecule has 0 saturated heterocycles. The van der Waals surface area contributed by atoms with Gasteiger partial charge in [-0.2, -0.15) is 5.26 Å². The van der Waals surface area contributed by atoms with Crippen molar-refractivity contribution in [3.63, 3.8) is 0 Å². The predicted molar refractivity (Wildman–Crippen MR) is 87.5 cm³/mol. The first-order chi connectivity index (χ1) is 11.5. The minimum atomic E-state index is -0.725. The van der Waals surface area contributed by atoms with E-state index in [1.807, 2.05) is 6.07 Å². The zero-order valence-corrected chi connectivity index (χ0v) is 13.5. The van der Waals surface area contributed by atoms with Gasteiger partial charge in [0.05, 0.1) is 18.6 Å². The van der Waals surface area contributed by atoms with E-state index in [0.717, 1.165) is 0 Å². The minimum Gasteiger partial charge on any atom is -0.496 e. The summed E-state index contributed by atoms with van der Waals surface area (Å²) in [5.41, 5.74) is 6.84. The summed E-state index contributed by atoms with van der Waals surface area (Å²) in [6.45, 7) is 5.17. The molecule has 0 aromatic heterocycles. The molecule has 1 atom stereocenters. The smallest absolute Gasteiger partial charge is 0.338 e. The molecule has 1 aliphatic rings. The Morgan fingerprint density at radius 1 is 1.50 bits per heavy atom. The summed E-state index contributed by atoms with van der Waals surface area (Å²) in [4.78, 5) is 12.5. The normalized spacial score (nSPS) is 17.0. The van der Waals surface area contributed by atoms with Crippen molar-refractivity contribution in [2.45, 2.75) is 12.8 Å². The molecular formula is C18H18N2O4. The molecule has 0 amide bonds. The number of rotatable bonds is 5. The van der Waals surface area contributed by atoms with Gasteiger partial charge in [-0.3, -0.25) is 0 Å². The van der Waals surface area contributed by atoms with Crippen molar-refractivity contribution in [1.29, 1.82) is 5.26 Å². The summed E-state index contributed by atoms with van der Waals surface area (Å²) in [5.74, 6) is -0.532. The third-order valence-corrected chi connectivity index (χ3v) is 3.61. The van der Waals surface area contributed by atoms with Gasteiger partial charge in [-0.1, -0.05) is 30.9 Å². The van der Waals surface area contributed by atoms with Crippen LogP contribution in [0.3, 0.4) is 0 Å². The van der Waals surface area contributed by atoms with Gasteiger partial charge in [0.25, 0.3) is 0 Å². The SMILES string of the molecule is C=CCOC(=O)C1=C(C)OC(N)=C(C#N)[C@@H]1c1ccccc1OC. The zero-order valence-electron chi connectivity index (χ0n) is 13.5. The number of nitrogens with zero attached hydrogens (tertiary/aromatic N) is 1. The molecule has 1 aromatic carbocycles. The second-order valence-electron chi connectivity index (χ2n) is 5.02. The van der Waals surface area contributed by atoms with Crippen LogP contribution in [0, 0.1) is 11.3 Å². The van der Waals surface area contributed by atoms with Gasteiger partial charge in [0.1, 0.15) is 29.8 Å². The lowest BCUT2D eigenvalue weighted by Crippen LogP contribution is -2.25. The maximum Gasteiger partial charge on any atom is 0.338 e. The fourth-order valence-electron chi connectivity index (χ4n) is 2.57. The van der Waals surface area contributed by atoms with E-state index < -0.39 is 11.9 Å². The third kappa shape index (κ3) is 3.10. The molecule has 0 bridgehead atoms. The molecule has 124 valence electrons. The molecule has 0 radical (unpaired) electrons. The van der Waals surface area contributed by atoms with Crippen molar-refractivity contribution in [2.24, 2.45) is 5.73 Å². The molecule has 0 spiro atoms. The lowest BCUT2D eigenvalue weighted by molar-refractivity contribution is -0.138. The van der Waals surface area contributed by atoms with E-state index in [4.69, 9.17) is 19.9 Å². The molecule has 1 aromatic rings. The average Bonchev–Trinajstić information content (AvgIpc) is 2.59. The van der Waals surface area contributed by atoms with Crippen LogP contribution in [-0.2, 0) is 14.3 Å². The zero-order chi connectivity index (χ0) is 17.7. The molecule has 0 saturated carbocycles. The molecule has 1 aliphatic heterocycles. The maximum atomic E-state index is 12.5. The van der Waals surface area contributed by atoms with E-state index in [-0.39, 0.29) is 29.4 Å². The van der Waals surface area contributed by atoms with Gasteiger partial charge in [0, 0.05) is 5.56 Å². The van der Waals surface area contributed by atoms with E-state index in [1.54, 1.807) is 31.2 Å². The van der Waals surface area contributed by atoms with Crippen molar-refractivity contribution in [3.05, 3.63) is 65.3 Å². The fraction of sp³-hybridized carbons (Fsp3) is 0.222. The highest BCUT2D eigenvalue weighted by atomic mass is 16.5. The quantitative estimate of drug-likeness (QED) is 0.660. The number of hydrogen-bond donors (Lipinski definition) is 1. The van der Waals surface area contributed by atoms with Crippen LogP contribution in [0.1, 0.15) is 18.4 Å². The van der Waals surface area contributed by atoms with Crippen molar-refractivity contribution >= 4 is 5.97 Å². The molecule has 24 heavy (non-hydrogen) atoms. The van der Waals surface area contributed by atoms with Crippen LogP contribution in [0.2, 0.25) is 0 Å². The monoisotopic (exact) mass is 326 g/mol. The number of nitriles is 1. The number of carbonyl (C=O) groups is 1. The third-order valence-electron chi connectivity index (χ3n) is 3.61. The van der Waals surface area contributed by atoms with Gasteiger partial charge in [0.15, 0.2) is 0 Å². The van der Waals surface area contributed by atoms with Gasteiger partial charge >= 0.3 is 5.97 Å². The van der Waals surface area contributed by atoms with E-state index >= 15 is 0 Å². The van der Waals surface area contributed by atoms with Crippen molar-refractivity contribution < 1.29 is 19.0 Å². The Labute approximate surface area is 140 Å². The van der Waals surface area contributed by atoms with Crippen LogP contribution >= 0.6 is 0 Å². The fourth-order valence-corrected chi connectivity index (χ4v) is 2.57. The molecule has 6 nitrogen and oxygen atoms in total. The molecule has 1 heterocycles. The van der Waals surface area contributed by atoms with Gasteiger partial charge < -0.3 is 19.9 Å². The Morgan fingerprint density at radius 2 is 2.21 bits per heavy atom. The predicted octanol–water partition coefficient (Wildman–Crippen LogP) is 2.51. The number of methoxy groups -OCH3 is 1. The number of benzene rings is 1. The summed E-state index contributed by atoms with van der Waals surface area (Å²) < 4.78 is 15.9. The summed E-state index contributed by atoms with van der Waals surface area (Å²) >= 11 is 0. The van der Waals surface area contributed by atoms with Crippen LogP contribution in [0.5, 0.6) is 5.75 Å². The number of hydrogen-bond acceptors (Lipinski definition) is 6. The van der Waals surface area contributed by atoms with E-state index in [9.17, 15) is 10.1 Å². The average molecular weight is 326 g/mol. The number of carbonyl (C=O) groups excluding carboxylic acids is 1. The number of para-hydroxylation sites is 1. The van der Waals surface area contributed by atoms with E-state index in [1.165, 1.54) is 13.2 Å². The number of ether oxygens (including phenoxy) is 3. The molecular weight excluding hydrogens is 308 g/mol. The Morgan fingerprint density at radius 3 is 2.83 bits per heavy atom. The standard InChI is InChI=1S/C18H18N2O4/c1-4-9-23-18(21)15-11(2)24-17(20)13(10-19)16(15)12-7-5-6-8-14(12)22-3/h4-8,16H,1,9,20H2,2-3H3/t16-/m0/s1. The van der Waals surface area contributed by atoms with E-state index in [0.29, 0.717) is 11.3 Å². The maximum absolute atomic E-state index is 12.5. The summed E-state index contributed by atoms with van der Waals surface area (Å²) in [6, 6.07) is 9.14. The van der Waals surface area contributed by atoms with Gasteiger partial charge in [-0.15, -0.1) is 0 Å². The van der Waals surface area contributed by atoms with Crippen LogP contribution in [0.25, 0.3) is 0 Å². The Hall–Kier alpha value is -3.20. The lowest BCUT2D eigenvalue weighted by atomic mass is 9.82. The first kappa shape index (κ1) is 17.2. The first-order valence-electron chi connectivity index (χ1n) is 7.24.